The van der Waals surface area contributed by atoms with Crippen molar-refractivity contribution in [3.8, 4) is 16.9 Å². The molecule has 1 atom stereocenters. The summed E-state index contributed by atoms with van der Waals surface area (Å²) in [7, 11) is 0. The number of aromatic nitrogens is 4. The van der Waals surface area contributed by atoms with E-state index in [1.807, 2.05) is 6.92 Å². The number of nitrogens with two attached hydrogens (primary N) is 1. The maximum absolute atomic E-state index is 13.3. The largest absolute Gasteiger partial charge is 0.451 e. The summed E-state index contributed by atoms with van der Waals surface area (Å²) in [4.78, 5) is 19.7. The molecule has 1 aromatic carbocycles. The van der Waals surface area contributed by atoms with Crippen molar-refractivity contribution in [2.45, 2.75) is 25.9 Å². The third-order valence-electron chi connectivity index (χ3n) is 4.43. The van der Waals surface area contributed by atoms with E-state index in [1.165, 1.54) is 12.1 Å². The van der Waals surface area contributed by atoms with E-state index < -0.39 is 23.8 Å². The van der Waals surface area contributed by atoms with Gasteiger partial charge in [-0.15, -0.1) is 0 Å². The Kier molecular flexibility index (Phi) is 5.38. The van der Waals surface area contributed by atoms with Gasteiger partial charge in [-0.1, -0.05) is 13.0 Å². The van der Waals surface area contributed by atoms with E-state index in [9.17, 15) is 23.1 Å². The first kappa shape index (κ1) is 20.5. The Hall–Kier alpha value is -3.27. The van der Waals surface area contributed by atoms with Gasteiger partial charge in [0.1, 0.15) is 6.33 Å². The van der Waals surface area contributed by atoms with Crippen LogP contribution in [0.3, 0.4) is 0 Å². The monoisotopic (exact) mass is 405 g/mol. The molecule has 2 heterocycles. The van der Waals surface area contributed by atoms with Gasteiger partial charge in [-0.2, -0.15) is 18.3 Å². The quantitative estimate of drug-likeness (QED) is 0.679. The molecule has 3 aromatic rings. The molecule has 0 radical (unpaired) electrons. The van der Waals surface area contributed by atoms with Crippen molar-refractivity contribution in [3.05, 3.63) is 59.3 Å². The third-order valence-corrected chi connectivity index (χ3v) is 4.43. The van der Waals surface area contributed by atoms with Gasteiger partial charge in [-0.05, 0) is 36.2 Å². The number of carbonyl (C=O) groups excluding carboxylic acids is 1. The number of rotatable bonds is 5. The zero-order valence-electron chi connectivity index (χ0n) is 15.6. The minimum absolute atomic E-state index is 0.0231. The number of benzene rings is 1. The van der Waals surface area contributed by atoms with Crippen LogP contribution in [0.5, 0.6) is 0 Å². The summed E-state index contributed by atoms with van der Waals surface area (Å²) in [5.41, 5.74) is 7.52. The maximum atomic E-state index is 13.3. The molecule has 1 amide bonds. The molecule has 152 valence electrons. The summed E-state index contributed by atoms with van der Waals surface area (Å²) >= 11 is 0. The number of aryl methyl sites for hydroxylation is 1. The van der Waals surface area contributed by atoms with Crippen LogP contribution in [-0.2, 0) is 6.18 Å². The zero-order chi connectivity index (χ0) is 21.3. The first-order chi connectivity index (χ1) is 13.6. The van der Waals surface area contributed by atoms with E-state index in [4.69, 9.17) is 5.73 Å². The number of alkyl halides is 3. The van der Waals surface area contributed by atoms with Gasteiger partial charge < -0.3 is 10.8 Å². The van der Waals surface area contributed by atoms with Crippen LogP contribution in [-0.4, -0.2) is 37.4 Å². The van der Waals surface area contributed by atoms with Crippen LogP contribution in [0.25, 0.3) is 16.9 Å². The summed E-state index contributed by atoms with van der Waals surface area (Å²) in [5, 5.41) is 13.3. The summed E-state index contributed by atoms with van der Waals surface area (Å²) in [6, 6.07) is 6.10. The molecule has 0 aliphatic rings. The molecule has 0 aliphatic carbocycles. The minimum Gasteiger partial charge on any atom is -0.396 e. The van der Waals surface area contributed by atoms with Crippen molar-refractivity contribution in [1.29, 1.82) is 0 Å². The van der Waals surface area contributed by atoms with Crippen LogP contribution < -0.4 is 5.73 Å². The van der Waals surface area contributed by atoms with Gasteiger partial charge >= 0.3 is 6.18 Å². The van der Waals surface area contributed by atoms with E-state index >= 15 is 0 Å². The van der Waals surface area contributed by atoms with Crippen molar-refractivity contribution < 1.29 is 23.1 Å². The molecular formula is C19H18F3N5O2. The lowest BCUT2D eigenvalue weighted by molar-refractivity contribution is -0.146. The van der Waals surface area contributed by atoms with Gasteiger partial charge in [-0.3, -0.25) is 9.78 Å². The van der Waals surface area contributed by atoms with E-state index in [2.05, 4.69) is 15.1 Å². The predicted octanol–water partition coefficient (Wildman–Crippen LogP) is 2.85. The maximum Gasteiger partial charge on any atom is 0.451 e. The van der Waals surface area contributed by atoms with Crippen LogP contribution in [0.2, 0.25) is 0 Å². The highest BCUT2D eigenvalue weighted by Gasteiger charge is 2.37. The van der Waals surface area contributed by atoms with Gasteiger partial charge in [0.15, 0.2) is 0 Å². The third kappa shape index (κ3) is 3.97. The van der Waals surface area contributed by atoms with Crippen molar-refractivity contribution in [2.75, 3.05) is 6.61 Å². The molecule has 7 nitrogen and oxygen atoms in total. The second kappa shape index (κ2) is 7.63. The Labute approximate surface area is 164 Å². The van der Waals surface area contributed by atoms with Crippen molar-refractivity contribution in [1.82, 2.24) is 19.7 Å². The Morgan fingerprint density at radius 1 is 1.28 bits per heavy atom. The molecule has 3 rings (SSSR count). The van der Waals surface area contributed by atoms with Crippen LogP contribution in [0.15, 0.2) is 36.8 Å². The van der Waals surface area contributed by atoms with E-state index in [0.29, 0.717) is 21.5 Å². The molecular weight excluding hydrogens is 387 g/mol. The average molecular weight is 405 g/mol. The predicted molar refractivity (Wildman–Crippen MR) is 98.3 cm³/mol. The second-order valence-electron chi connectivity index (χ2n) is 6.62. The number of hydrogen-bond acceptors (Lipinski definition) is 5. The van der Waals surface area contributed by atoms with Crippen molar-refractivity contribution in [3.63, 3.8) is 0 Å². The SMILES string of the molecule is Cc1ccc(-c2cc(-n3ncnc3C(F)(F)F)cc(C(N)=O)c2C(C)CO)nc1. The Morgan fingerprint density at radius 2 is 2.00 bits per heavy atom. The Bertz CT molecular complexity index is 1040. The summed E-state index contributed by atoms with van der Waals surface area (Å²) in [5.74, 6) is -2.59. The normalized spacial score (nSPS) is 12.8. The van der Waals surface area contributed by atoms with E-state index in [1.54, 1.807) is 25.3 Å². The lowest BCUT2D eigenvalue weighted by Gasteiger charge is -2.20. The zero-order valence-corrected chi connectivity index (χ0v) is 15.6. The van der Waals surface area contributed by atoms with Crippen molar-refractivity contribution in [2.24, 2.45) is 5.73 Å². The molecule has 0 bridgehead atoms. The molecule has 0 aliphatic heterocycles. The molecule has 0 fully saturated rings. The Morgan fingerprint density at radius 3 is 2.55 bits per heavy atom. The number of nitrogens with zero attached hydrogens (tertiary/aromatic N) is 4. The number of halogens is 3. The number of carbonyl (C=O) groups is 1. The van der Waals surface area contributed by atoms with E-state index in [0.717, 1.165) is 11.9 Å². The minimum atomic E-state index is -4.75. The summed E-state index contributed by atoms with van der Waals surface area (Å²) in [6.07, 6.45) is -2.38. The molecule has 0 saturated carbocycles. The fourth-order valence-corrected chi connectivity index (χ4v) is 3.05. The van der Waals surface area contributed by atoms with Gasteiger partial charge in [0, 0.05) is 29.8 Å². The van der Waals surface area contributed by atoms with Gasteiger partial charge in [0.25, 0.3) is 0 Å². The van der Waals surface area contributed by atoms with E-state index in [-0.39, 0.29) is 17.9 Å². The standard InChI is InChI=1S/C19H18F3N5O2/c1-10-3-4-15(24-7-10)13-5-12(27-18(19(20,21)22)25-9-26-27)6-14(17(23)29)16(13)11(2)8-28/h3-7,9,11,28H,8H2,1-2H3,(H2,23,29). The van der Waals surface area contributed by atoms with Crippen LogP contribution in [0.1, 0.15) is 40.2 Å². The number of primary amides is 1. The average Bonchev–Trinajstić information content (AvgIpc) is 3.17. The lowest BCUT2D eigenvalue weighted by atomic mass is 9.88. The van der Waals surface area contributed by atoms with Crippen LogP contribution in [0, 0.1) is 6.92 Å². The van der Waals surface area contributed by atoms with Crippen molar-refractivity contribution >= 4 is 5.91 Å². The molecule has 29 heavy (non-hydrogen) atoms. The number of hydrogen-bond donors (Lipinski definition) is 2. The topological polar surface area (TPSA) is 107 Å². The first-order valence-electron chi connectivity index (χ1n) is 8.62. The highest BCUT2D eigenvalue weighted by Crippen LogP contribution is 2.35. The highest BCUT2D eigenvalue weighted by atomic mass is 19.4. The molecule has 0 saturated heterocycles. The lowest BCUT2D eigenvalue weighted by Crippen LogP contribution is -2.20. The summed E-state index contributed by atoms with van der Waals surface area (Å²) in [6.45, 7) is 3.22. The molecule has 1 unspecified atom stereocenters. The molecule has 0 spiro atoms. The van der Waals surface area contributed by atoms with Gasteiger partial charge in [0.2, 0.25) is 11.7 Å². The van der Waals surface area contributed by atoms with Gasteiger partial charge in [0.05, 0.1) is 11.4 Å². The fraction of sp³-hybridized carbons (Fsp3) is 0.263. The summed E-state index contributed by atoms with van der Waals surface area (Å²) < 4.78 is 40.5. The molecule has 2 aromatic heterocycles. The number of pyridine rings is 1. The number of aliphatic hydroxyl groups excluding tert-OH is 1. The number of aliphatic hydroxyl groups is 1. The van der Waals surface area contributed by atoms with Gasteiger partial charge in [-0.25, -0.2) is 9.67 Å². The Balaban J connectivity index is 2.35. The smallest absolute Gasteiger partial charge is 0.396 e. The van der Waals surface area contributed by atoms with Crippen LogP contribution >= 0.6 is 0 Å². The first-order valence-corrected chi connectivity index (χ1v) is 8.62. The highest BCUT2D eigenvalue weighted by molar-refractivity contribution is 5.97. The van der Waals surface area contributed by atoms with Crippen LogP contribution in [0.4, 0.5) is 13.2 Å². The molecule has 10 heteroatoms. The fourth-order valence-electron chi connectivity index (χ4n) is 3.05. The number of amides is 1. The second-order valence-corrected chi connectivity index (χ2v) is 6.62. The molecule has 3 N–H and O–H groups in total.